The van der Waals surface area contributed by atoms with Gasteiger partial charge >= 0.3 is 0 Å². The van der Waals surface area contributed by atoms with Crippen LogP contribution in [0.2, 0.25) is 0 Å². The van der Waals surface area contributed by atoms with E-state index in [4.69, 9.17) is 5.73 Å². The van der Waals surface area contributed by atoms with Crippen LogP contribution >= 0.6 is 0 Å². The van der Waals surface area contributed by atoms with E-state index in [0.717, 1.165) is 24.4 Å². The molecule has 2 rings (SSSR count). The summed E-state index contributed by atoms with van der Waals surface area (Å²) >= 11 is 0. The molecule has 2 N–H and O–H groups in total. The maximum absolute atomic E-state index is 5.52. The minimum atomic E-state index is 0.562. The van der Waals surface area contributed by atoms with Crippen molar-refractivity contribution in [3.05, 3.63) is 41.9 Å². The van der Waals surface area contributed by atoms with E-state index in [0.29, 0.717) is 5.82 Å². The van der Waals surface area contributed by atoms with E-state index in [2.05, 4.69) is 10.1 Å². The van der Waals surface area contributed by atoms with Gasteiger partial charge in [-0.1, -0.05) is 6.07 Å². The summed E-state index contributed by atoms with van der Waals surface area (Å²) in [6.45, 7) is 2.81. The largest absolute Gasteiger partial charge is 0.382 e. The van der Waals surface area contributed by atoms with Crippen molar-refractivity contribution in [3.63, 3.8) is 0 Å². The van der Waals surface area contributed by atoms with Crippen LogP contribution in [0.4, 0.5) is 5.82 Å². The molecular formula is C11H14N4. The molecule has 2 aromatic heterocycles. The van der Waals surface area contributed by atoms with Gasteiger partial charge in [-0.05, 0) is 25.1 Å². The van der Waals surface area contributed by atoms with Crippen LogP contribution in [-0.2, 0) is 13.0 Å². The number of nitrogen functional groups attached to an aromatic ring is 1. The molecule has 4 heteroatoms. The molecular weight excluding hydrogens is 188 g/mol. The standard InChI is InChI=1S/C11H14N4/c1-9-3-2-4-10(13-9)5-7-15-8-6-11(12)14-15/h2-4,6,8H,5,7H2,1H3,(H2,12,14). The second-order valence-corrected chi connectivity index (χ2v) is 3.52. The summed E-state index contributed by atoms with van der Waals surface area (Å²) < 4.78 is 1.83. The Kier molecular flexibility index (Phi) is 2.67. The predicted octanol–water partition coefficient (Wildman–Crippen LogP) is 1.41. The van der Waals surface area contributed by atoms with Crippen molar-refractivity contribution >= 4 is 5.82 Å². The monoisotopic (exact) mass is 202 g/mol. The first-order chi connectivity index (χ1) is 7.24. The number of aryl methyl sites for hydroxylation is 3. The quantitative estimate of drug-likeness (QED) is 0.818. The summed E-state index contributed by atoms with van der Waals surface area (Å²) in [7, 11) is 0. The molecule has 0 aromatic carbocycles. The van der Waals surface area contributed by atoms with Crippen molar-refractivity contribution in [3.8, 4) is 0 Å². The average Bonchev–Trinajstić information content (AvgIpc) is 2.62. The Bertz CT molecular complexity index is 447. The number of hydrogen-bond donors (Lipinski definition) is 1. The number of rotatable bonds is 3. The fourth-order valence-electron chi connectivity index (χ4n) is 1.47. The highest BCUT2D eigenvalue weighted by Crippen LogP contribution is 2.02. The molecule has 0 aliphatic heterocycles. The average molecular weight is 202 g/mol. The lowest BCUT2D eigenvalue weighted by molar-refractivity contribution is 0.610. The molecule has 0 radical (unpaired) electrons. The molecule has 0 atom stereocenters. The Morgan fingerprint density at radius 2 is 2.20 bits per heavy atom. The van der Waals surface area contributed by atoms with Crippen molar-refractivity contribution in [2.45, 2.75) is 19.9 Å². The van der Waals surface area contributed by atoms with Crippen molar-refractivity contribution < 1.29 is 0 Å². The Morgan fingerprint density at radius 1 is 1.33 bits per heavy atom. The van der Waals surface area contributed by atoms with Gasteiger partial charge in [-0.3, -0.25) is 9.67 Å². The van der Waals surface area contributed by atoms with Crippen LogP contribution in [0, 0.1) is 6.92 Å². The van der Waals surface area contributed by atoms with E-state index >= 15 is 0 Å². The fraction of sp³-hybridized carbons (Fsp3) is 0.273. The Labute approximate surface area is 88.8 Å². The van der Waals surface area contributed by atoms with Crippen molar-refractivity contribution in [2.24, 2.45) is 0 Å². The highest BCUT2D eigenvalue weighted by Gasteiger charge is 1.97. The normalized spacial score (nSPS) is 10.5. The van der Waals surface area contributed by atoms with Crippen LogP contribution in [0.15, 0.2) is 30.5 Å². The van der Waals surface area contributed by atoms with Gasteiger partial charge in [-0.2, -0.15) is 5.10 Å². The molecule has 0 unspecified atom stereocenters. The van der Waals surface area contributed by atoms with E-state index in [1.165, 1.54) is 0 Å². The molecule has 0 saturated carbocycles. The van der Waals surface area contributed by atoms with Gasteiger partial charge in [-0.25, -0.2) is 0 Å². The summed E-state index contributed by atoms with van der Waals surface area (Å²) in [5.41, 5.74) is 7.66. The summed E-state index contributed by atoms with van der Waals surface area (Å²) in [4.78, 5) is 4.42. The molecule has 2 aromatic rings. The Morgan fingerprint density at radius 3 is 2.87 bits per heavy atom. The SMILES string of the molecule is Cc1cccc(CCn2ccc(N)n2)n1. The highest BCUT2D eigenvalue weighted by atomic mass is 15.3. The van der Waals surface area contributed by atoms with E-state index in [-0.39, 0.29) is 0 Å². The third-order valence-corrected chi connectivity index (χ3v) is 2.20. The van der Waals surface area contributed by atoms with Gasteiger partial charge in [0.05, 0.1) is 0 Å². The van der Waals surface area contributed by atoms with Crippen LogP contribution in [0.1, 0.15) is 11.4 Å². The van der Waals surface area contributed by atoms with Crippen LogP contribution < -0.4 is 5.73 Å². The number of hydrogen-bond acceptors (Lipinski definition) is 3. The van der Waals surface area contributed by atoms with Crippen LogP contribution in [-0.4, -0.2) is 14.8 Å². The van der Waals surface area contributed by atoms with Crippen LogP contribution in [0.3, 0.4) is 0 Å². The predicted molar refractivity (Wildman–Crippen MR) is 59.3 cm³/mol. The third-order valence-electron chi connectivity index (χ3n) is 2.20. The lowest BCUT2D eigenvalue weighted by Crippen LogP contribution is -2.04. The second kappa shape index (κ2) is 4.13. The molecule has 78 valence electrons. The van der Waals surface area contributed by atoms with Gasteiger partial charge in [0, 0.05) is 30.6 Å². The number of nitrogens with zero attached hydrogens (tertiary/aromatic N) is 3. The third kappa shape index (κ3) is 2.56. The summed E-state index contributed by atoms with van der Waals surface area (Å²) in [6.07, 6.45) is 2.76. The minimum Gasteiger partial charge on any atom is -0.382 e. The molecule has 0 saturated heterocycles. The summed E-state index contributed by atoms with van der Waals surface area (Å²) in [5, 5.41) is 4.11. The zero-order valence-electron chi connectivity index (χ0n) is 8.72. The van der Waals surface area contributed by atoms with Gasteiger partial charge in [-0.15, -0.1) is 0 Å². The second-order valence-electron chi connectivity index (χ2n) is 3.52. The maximum atomic E-state index is 5.52. The van der Waals surface area contributed by atoms with Gasteiger partial charge in [0.15, 0.2) is 0 Å². The Hall–Kier alpha value is -1.84. The molecule has 4 nitrogen and oxygen atoms in total. The maximum Gasteiger partial charge on any atom is 0.145 e. The minimum absolute atomic E-state index is 0.562. The topological polar surface area (TPSA) is 56.7 Å². The van der Waals surface area contributed by atoms with Gasteiger partial charge in [0.2, 0.25) is 0 Å². The lowest BCUT2D eigenvalue weighted by atomic mass is 10.2. The number of aromatic nitrogens is 3. The summed E-state index contributed by atoms with van der Waals surface area (Å²) in [6, 6.07) is 7.84. The number of pyridine rings is 1. The molecule has 0 fully saturated rings. The van der Waals surface area contributed by atoms with Gasteiger partial charge < -0.3 is 5.73 Å². The highest BCUT2D eigenvalue weighted by molar-refractivity contribution is 5.23. The van der Waals surface area contributed by atoms with E-state index in [1.54, 1.807) is 6.07 Å². The smallest absolute Gasteiger partial charge is 0.145 e. The lowest BCUT2D eigenvalue weighted by Gasteiger charge is -2.02. The molecule has 0 spiro atoms. The molecule has 0 amide bonds. The van der Waals surface area contributed by atoms with Gasteiger partial charge in [0.1, 0.15) is 5.82 Å². The molecule has 0 aliphatic carbocycles. The molecule has 0 bridgehead atoms. The van der Waals surface area contributed by atoms with Crippen LogP contribution in [0.5, 0.6) is 0 Å². The fourth-order valence-corrected chi connectivity index (χ4v) is 1.47. The first kappa shape index (κ1) is 9.71. The molecule has 2 heterocycles. The first-order valence-electron chi connectivity index (χ1n) is 4.95. The van der Waals surface area contributed by atoms with Crippen molar-refractivity contribution in [1.82, 2.24) is 14.8 Å². The zero-order chi connectivity index (χ0) is 10.7. The van der Waals surface area contributed by atoms with E-state index in [9.17, 15) is 0 Å². The number of anilines is 1. The first-order valence-corrected chi connectivity index (χ1v) is 4.95. The molecule has 15 heavy (non-hydrogen) atoms. The van der Waals surface area contributed by atoms with E-state index in [1.807, 2.05) is 36.0 Å². The Balaban J connectivity index is 1.99. The summed E-state index contributed by atoms with van der Waals surface area (Å²) in [5.74, 6) is 0.562. The molecule has 0 aliphatic rings. The van der Waals surface area contributed by atoms with Gasteiger partial charge in [0.25, 0.3) is 0 Å². The zero-order valence-corrected chi connectivity index (χ0v) is 8.72. The van der Waals surface area contributed by atoms with Crippen molar-refractivity contribution in [1.29, 1.82) is 0 Å². The van der Waals surface area contributed by atoms with Crippen LogP contribution in [0.25, 0.3) is 0 Å². The van der Waals surface area contributed by atoms with E-state index < -0.39 is 0 Å². The van der Waals surface area contributed by atoms with Crippen molar-refractivity contribution in [2.75, 3.05) is 5.73 Å². The number of nitrogens with two attached hydrogens (primary N) is 1.